The van der Waals surface area contributed by atoms with Gasteiger partial charge in [-0.25, -0.2) is 8.42 Å². The number of rotatable bonds is 5. The first-order chi connectivity index (χ1) is 10.3. The third kappa shape index (κ3) is 4.11. The van der Waals surface area contributed by atoms with Crippen LogP contribution >= 0.6 is 11.8 Å². The van der Waals surface area contributed by atoms with Crippen LogP contribution in [0.25, 0.3) is 0 Å². The second-order valence-corrected chi connectivity index (χ2v) is 7.85. The number of carbonyl (C=O) groups excluding carboxylic acids is 1. The summed E-state index contributed by atoms with van der Waals surface area (Å²) in [5.74, 6) is 0.521. The molecule has 0 aliphatic heterocycles. The van der Waals surface area contributed by atoms with Crippen molar-refractivity contribution in [1.29, 1.82) is 0 Å². The molecule has 0 atom stereocenters. The SMILES string of the molecule is Cc1cc(NC(=O)CSc2ccccc2S(C)(=O)=O)n(C)n1. The maximum atomic E-state index is 12.0. The first-order valence-electron chi connectivity index (χ1n) is 6.50. The van der Waals surface area contributed by atoms with Gasteiger partial charge >= 0.3 is 0 Å². The lowest BCUT2D eigenvalue weighted by atomic mass is 10.4. The molecule has 1 heterocycles. The van der Waals surface area contributed by atoms with E-state index in [4.69, 9.17) is 0 Å². The molecule has 0 spiro atoms. The van der Waals surface area contributed by atoms with E-state index in [0.29, 0.717) is 10.7 Å². The van der Waals surface area contributed by atoms with Crippen molar-refractivity contribution in [2.75, 3.05) is 17.3 Å². The number of sulfone groups is 1. The van der Waals surface area contributed by atoms with Crippen molar-refractivity contribution in [3.05, 3.63) is 36.0 Å². The molecular formula is C14H17N3O3S2. The number of aromatic nitrogens is 2. The highest BCUT2D eigenvalue weighted by atomic mass is 32.2. The van der Waals surface area contributed by atoms with Crippen LogP contribution in [0.1, 0.15) is 5.69 Å². The van der Waals surface area contributed by atoms with Gasteiger partial charge in [0.15, 0.2) is 9.84 Å². The number of carbonyl (C=O) groups is 1. The minimum absolute atomic E-state index is 0.122. The van der Waals surface area contributed by atoms with Crippen LogP contribution in [0, 0.1) is 6.92 Å². The maximum Gasteiger partial charge on any atom is 0.235 e. The third-order valence-electron chi connectivity index (χ3n) is 2.88. The van der Waals surface area contributed by atoms with Gasteiger partial charge in [-0.15, -0.1) is 11.8 Å². The quantitative estimate of drug-likeness (QED) is 0.841. The number of benzene rings is 1. The monoisotopic (exact) mass is 339 g/mol. The van der Waals surface area contributed by atoms with E-state index in [1.54, 1.807) is 42.1 Å². The molecule has 0 saturated carbocycles. The Balaban J connectivity index is 2.05. The molecule has 1 amide bonds. The maximum absolute atomic E-state index is 12.0. The fraction of sp³-hybridized carbons (Fsp3) is 0.286. The van der Waals surface area contributed by atoms with Crippen LogP contribution in [0.4, 0.5) is 5.82 Å². The smallest absolute Gasteiger partial charge is 0.235 e. The number of hydrogen-bond donors (Lipinski definition) is 1. The van der Waals surface area contributed by atoms with Crippen LogP contribution in [-0.2, 0) is 21.7 Å². The fourth-order valence-corrected chi connectivity index (χ4v) is 4.06. The second kappa shape index (κ2) is 6.53. The average Bonchev–Trinajstić information content (AvgIpc) is 2.74. The van der Waals surface area contributed by atoms with Gasteiger partial charge in [-0.05, 0) is 19.1 Å². The van der Waals surface area contributed by atoms with Crippen LogP contribution < -0.4 is 5.32 Å². The van der Waals surface area contributed by atoms with E-state index in [9.17, 15) is 13.2 Å². The number of nitrogens with one attached hydrogen (secondary N) is 1. The van der Waals surface area contributed by atoms with E-state index in [2.05, 4.69) is 10.4 Å². The van der Waals surface area contributed by atoms with Crippen molar-refractivity contribution < 1.29 is 13.2 Å². The molecular weight excluding hydrogens is 322 g/mol. The molecule has 2 aromatic rings. The highest BCUT2D eigenvalue weighted by molar-refractivity contribution is 8.00. The summed E-state index contributed by atoms with van der Waals surface area (Å²) >= 11 is 1.19. The molecule has 118 valence electrons. The Morgan fingerprint density at radius 2 is 2.05 bits per heavy atom. The lowest BCUT2D eigenvalue weighted by Crippen LogP contribution is -2.16. The predicted molar refractivity (Wildman–Crippen MR) is 86.9 cm³/mol. The van der Waals surface area contributed by atoms with Gasteiger partial charge < -0.3 is 5.32 Å². The van der Waals surface area contributed by atoms with E-state index < -0.39 is 9.84 Å². The van der Waals surface area contributed by atoms with Crippen molar-refractivity contribution in [3.8, 4) is 0 Å². The lowest BCUT2D eigenvalue weighted by molar-refractivity contribution is -0.113. The zero-order valence-electron chi connectivity index (χ0n) is 12.5. The molecule has 0 bridgehead atoms. The molecule has 0 fully saturated rings. The zero-order valence-corrected chi connectivity index (χ0v) is 14.2. The Bertz CT molecular complexity index is 797. The van der Waals surface area contributed by atoms with Crippen molar-refractivity contribution >= 4 is 33.3 Å². The van der Waals surface area contributed by atoms with Crippen LogP contribution in [0.15, 0.2) is 40.1 Å². The molecule has 1 N–H and O–H groups in total. The normalized spacial score (nSPS) is 11.4. The molecule has 1 aromatic carbocycles. The summed E-state index contributed by atoms with van der Waals surface area (Å²) < 4.78 is 25.0. The topological polar surface area (TPSA) is 81.1 Å². The summed E-state index contributed by atoms with van der Waals surface area (Å²) in [6.07, 6.45) is 1.16. The summed E-state index contributed by atoms with van der Waals surface area (Å²) in [6.45, 7) is 1.84. The van der Waals surface area contributed by atoms with E-state index >= 15 is 0 Å². The second-order valence-electron chi connectivity index (χ2n) is 4.85. The summed E-state index contributed by atoms with van der Waals surface area (Å²) in [7, 11) is -1.57. The van der Waals surface area contributed by atoms with Gasteiger partial charge in [0.2, 0.25) is 5.91 Å². The minimum Gasteiger partial charge on any atom is -0.310 e. The number of amides is 1. The van der Waals surface area contributed by atoms with Crippen LogP contribution in [0.3, 0.4) is 0 Å². The highest BCUT2D eigenvalue weighted by Gasteiger charge is 2.14. The van der Waals surface area contributed by atoms with Gasteiger partial charge in [0, 0.05) is 24.3 Å². The van der Waals surface area contributed by atoms with Gasteiger partial charge in [-0.1, -0.05) is 12.1 Å². The van der Waals surface area contributed by atoms with Crippen molar-refractivity contribution in [1.82, 2.24) is 9.78 Å². The number of aryl methyl sites for hydroxylation is 2. The van der Waals surface area contributed by atoms with E-state index in [0.717, 1.165) is 11.9 Å². The van der Waals surface area contributed by atoms with E-state index in [-0.39, 0.29) is 16.6 Å². The van der Waals surface area contributed by atoms with Gasteiger partial charge in [0.25, 0.3) is 0 Å². The van der Waals surface area contributed by atoms with Crippen molar-refractivity contribution in [2.45, 2.75) is 16.7 Å². The van der Waals surface area contributed by atoms with Crippen LogP contribution in [0.2, 0.25) is 0 Å². The molecule has 0 saturated heterocycles. The standard InChI is InChI=1S/C14H17N3O3S2/c1-10-8-13(17(2)16-10)15-14(18)9-21-11-6-4-5-7-12(11)22(3,19)20/h4-8H,9H2,1-3H3,(H,15,18). The first-order valence-corrected chi connectivity index (χ1v) is 9.37. The number of hydrogen-bond acceptors (Lipinski definition) is 5. The Labute approximate surface area is 133 Å². The van der Waals surface area contributed by atoms with Gasteiger partial charge in [0.1, 0.15) is 5.82 Å². The molecule has 6 nitrogen and oxygen atoms in total. The molecule has 8 heteroatoms. The molecule has 0 aliphatic rings. The van der Waals surface area contributed by atoms with Gasteiger partial charge in [-0.3, -0.25) is 9.48 Å². The minimum atomic E-state index is -3.31. The lowest BCUT2D eigenvalue weighted by Gasteiger charge is -2.08. The number of nitrogens with zero attached hydrogens (tertiary/aromatic N) is 2. The van der Waals surface area contributed by atoms with Crippen molar-refractivity contribution in [2.24, 2.45) is 7.05 Å². The Hall–Kier alpha value is -1.80. The predicted octanol–water partition coefficient (Wildman–Crippen LogP) is 1.86. The molecule has 0 unspecified atom stereocenters. The molecule has 0 aliphatic carbocycles. The van der Waals surface area contributed by atoms with E-state index in [1.165, 1.54) is 11.8 Å². The van der Waals surface area contributed by atoms with Crippen LogP contribution in [0.5, 0.6) is 0 Å². The Morgan fingerprint density at radius 3 is 2.64 bits per heavy atom. The summed E-state index contributed by atoms with van der Waals surface area (Å²) in [6, 6.07) is 8.42. The largest absolute Gasteiger partial charge is 0.310 e. The molecule has 0 radical (unpaired) electrons. The van der Waals surface area contributed by atoms with Gasteiger partial charge in [0.05, 0.1) is 16.3 Å². The van der Waals surface area contributed by atoms with Crippen molar-refractivity contribution in [3.63, 3.8) is 0 Å². The zero-order chi connectivity index (χ0) is 16.3. The molecule has 2 rings (SSSR count). The molecule has 1 aromatic heterocycles. The third-order valence-corrected chi connectivity index (χ3v) is 5.23. The van der Waals surface area contributed by atoms with Gasteiger partial charge in [-0.2, -0.15) is 5.10 Å². The van der Waals surface area contributed by atoms with E-state index in [1.807, 2.05) is 6.92 Å². The number of anilines is 1. The Morgan fingerprint density at radius 1 is 1.36 bits per heavy atom. The summed E-state index contributed by atoms with van der Waals surface area (Å²) in [5.41, 5.74) is 0.813. The molecule has 22 heavy (non-hydrogen) atoms. The summed E-state index contributed by atoms with van der Waals surface area (Å²) in [5, 5.41) is 6.90. The Kier molecular flexibility index (Phi) is 4.92. The van der Waals surface area contributed by atoms with Crippen LogP contribution in [-0.4, -0.2) is 36.1 Å². The number of thioether (sulfide) groups is 1. The average molecular weight is 339 g/mol. The summed E-state index contributed by atoms with van der Waals surface area (Å²) in [4.78, 5) is 12.8. The highest BCUT2D eigenvalue weighted by Crippen LogP contribution is 2.26. The first kappa shape index (κ1) is 16.6. The fourth-order valence-electron chi connectivity index (χ4n) is 1.93.